The minimum Gasteiger partial charge on any atom is -0.358 e. The van der Waals surface area contributed by atoms with Gasteiger partial charge in [-0.3, -0.25) is 9.79 Å². The van der Waals surface area contributed by atoms with E-state index < -0.39 is 6.04 Å². The first kappa shape index (κ1) is 18.0. The summed E-state index contributed by atoms with van der Waals surface area (Å²) in [6, 6.07) is 12.7. The minimum atomic E-state index is -0.465. The van der Waals surface area contributed by atoms with Gasteiger partial charge < -0.3 is 4.52 Å². The van der Waals surface area contributed by atoms with Gasteiger partial charge in [0.1, 0.15) is 11.8 Å². The maximum atomic E-state index is 11.9. The first-order valence-corrected chi connectivity index (χ1v) is 9.30. The number of hydrogen-bond acceptors (Lipinski definition) is 4. The fourth-order valence-corrected chi connectivity index (χ4v) is 3.82. The smallest absolute Gasteiger partial charge is 0.169 e. The zero-order valence-corrected chi connectivity index (χ0v) is 16.3. The molecule has 4 nitrogen and oxygen atoms in total. The molecule has 27 heavy (non-hydrogen) atoms. The number of carbonyl (C=O) groups excluding carboxylic acids is 1. The lowest BCUT2D eigenvalue weighted by Crippen LogP contribution is -2.08. The third kappa shape index (κ3) is 3.20. The van der Waals surface area contributed by atoms with E-state index >= 15 is 0 Å². The number of Topliss-reactive ketones (excluding diaryl/α,β-unsaturated/α-hetero) is 1. The van der Waals surface area contributed by atoms with Crippen molar-refractivity contribution in [2.24, 2.45) is 4.99 Å². The molecule has 136 valence electrons. The minimum absolute atomic E-state index is 0.0243. The maximum Gasteiger partial charge on any atom is 0.169 e. The van der Waals surface area contributed by atoms with Gasteiger partial charge in [-0.25, -0.2) is 0 Å². The van der Waals surface area contributed by atoms with Gasteiger partial charge in [-0.15, -0.1) is 0 Å². The van der Waals surface area contributed by atoms with Gasteiger partial charge >= 0.3 is 0 Å². The van der Waals surface area contributed by atoms with Gasteiger partial charge in [-0.2, -0.15) is 0 Å². The van der Waals surface area contributed by atoms with Crippen molar-refractivity contribution in [3.63, 3.8) is 0 Å². The Morgan fingerprint density at radius 3 is 2.56 bits per heavy atom. The summed E-state index contributed by atoms with van der Waals surface area (Å²) in [6.07, 6.45) is 0.227. The van der Waals surface area contributed by atoms with Crippen LogP contribution in [0.3, 0.4) is 0 Å². The molecule has 4 rings (SSSR count). The van der Waals surface area contributed by atoms with Crippen molar-refractivity contribution in [2.75, 3.05) is 0 Å². The third-order valence-electron chi connectivity index (χ3n) is 4.59. The van der Waals surface area contributed by atoms with E-state index in [1.165, 1.54) is 0 Å². The average Bonchev–Trinajstić information content (AvgIpc) is 2.94. The monoisotopic (exact) mass is 398 g/mol. The van der Waals surface area contributed by atoms with Crippen molar-refractivity contribution in [3.05, 3.63) is 75.1 Å². The van der Waals surface area contributed by atoms with Crippen LogP contribution < -0.4 is 0 Å². The van der Waals surface area contributed by atoms with Crippen LogP contribution in [0.25, 0.3) is 11.1 Å². The van der Waals surface area contributed by atoms with Crippen molar-refractivity contribution in [3.8, 4) is 11.1 Å². The van der Waals surface area contributed by atoms with Gasteiger partial charge in [0.25, 0.3) is 0 Å². The molecule has 0 saturated carbocycles. The molecule has 0 radical (unpaired) electrons. The molecule has 2 heterocycles. The molecule has 0 aliphatic carbocycles. The van der Waals surface area contributed by atoms with E-state index in [4.69, 9.17) is 32.7 Å². The Morgan fingerprint density at radius 1 is 1.11 bits per heavy atom. The number of carbonyl (C=O) groups is 1. The molecule has 0 unspecified atom stereocenters. The van der Waals surface area contributed by atoms with Gasteiger partial charge in [-0.05, 0) is 37.6 Å². The lowest BCUT2D eigenvalue weighted by Gasteiger charge is -2.13. The Balaban J connectivity index is 2.04. The summed E-state index contributed by atoms with van der Waals surface area (Å²) >= 11 is 12.7. The first-order valence-electron chi connectivity index (χ1n) is 8.54. The summed E-state index contributed by atoms with van der Waals surface area (Å²) < 4.78 is 5.61. The van der Waals surface area contributed by atoms with Crippen molar-refractivity contribution in [1.82, 2.24) is 5.16 Å². The van der Waals surface area contributed by atoms with E-state index in [9.17, 15) is 4.79 Å². The van der Waals surface area contributed by atoms with Gasteiger partial charge in [0.15, 0.2) is 5.76 Å². The number of aryl methyl sites for hydroxylation is 1. The SMILES string of the molecule is CC(=O)C[C@@H]1N=C(c2ccc(Cl)cc2)c2c(Cl)cccc2-c2c(C)noc21. The van der Waals surface area contributed by atoms with Crippen LogP contribution in [-0.4, -0.2) is 16.7 Å². The molecule has 1 atom stereocenters. The summed E-state index contributed by atoms with van der Waals surface area (Å²) in [4.78, 5) is 16.8. The number of halogens is 2. The van der Waals surface area contributed by atoms with Crippen LogP contribution >= 0.6 is 23.2 Å². The van der Waals surface area contributed by atoms with Crippen LogP contribution in [0.2, 0.25) is 10.0 Å². The fourth-order valence-electron chi connectivity index (χ4n) is 3.43. The molecule has 0 saturated heterocycles. The molecule has 1 aliphatic rings. The summed E-state index contributed by atoms with van der Waals surface area (Å²) in [5.41, 5.74) is 4.89. The van der Waals surface area contributed by atoms with Gasteiger partial charge in [0.05, 0.1) is 22.0 Å². The second-order valence-electron chi connectivity index (χ2n) is 6.58. The lowest BCUT2D eigenvalue weighted by atomic mass is 9.92. The maximum absolute atomic E-state index is 11.9. The predicted molar refractivity (Wildman–Crippen MR) is 107 cm³/mol. The Kier molecular flexibility index (Phi) is 4.62. The highest BCUT2D eigenvalue weighted by atomic mass is 35.5. The predicted octanol–water partition coefficient (Wildman–Crippen LogP) is 5.83. The van der Waals surface area contributed by atoms with Crippen LogP contribution in [0.4, 0.5) is 0 Å². The second kappa shape index (κ2) is 6.95. The summed E-state index contributed by atoms with van der Waals surface area (Å²) in [6.45, 7) is 3.43. The van der Waals surface area contributed by atoms with E-state index in [1.807, 2.05) is 49.4 Å². The molecule has 0 N–H and O–H groups in total. The number of aliphatic imine (C=N–C) groups is 1. The normalized spacial score (nSPS) is 15.6. The lowest BCUT2D eigenvalue weighted by molar-refractivity contribution is -0.117. The molecule has 1 aromatic heterocycles. The van der Waals surface area contributed by atoms with E-state index in [-0.39, 0.29) is 12.2 Å². The summed E-state index contributed by atoms with van der Waals surface area (Å²) in [5, 5.41) is 5.34. The average molecular weight is 399 g/mol. The molecule has 0 amide bonds. The van der Waals surface area contributed by atoms with Gasteiger partial charge in [0, 0.05) is 22.6 Å². The largest absolute Gasteiger partial charge is 0.358 e. The van der Waals surface area contributed by atoms with Crippen LogP contribution in [0.1, 0.15) is 42.0 Å². The number of aromatic nitrogens is 1. The molecular formula is C21H16Cl2N2O2. The van der Waals surface area contributed by atoms with Gasteiger partial charge in [-0.1, -0.05) is 52.6 Å². The van der Waals surface area contributed by atoms with E-state index in [0.717, 1.165) is 27.9 Å². The standard InChI is InChI=1S/C21H16Cl2N2O2/c1-11(26)10-17-21-18(12(2)25-27-21)15-4-3-5-16(23)19(15)20(24-17)13-6-8-14(22)9-7-13/h3-9,17H,10H2,1-2H3/t17-/m0/s1. The molecule has 2 aromatic carbocycles. The fraction of sp³-hybridized carbons (Fsp3) is 0.190. The highest BCUT2D eigenvalue weighted by molar-refractivity contribution is 6.37. The van der Waals surface area contributed by atoms with Crippen molar-refractivity contribution in [2.45, 2.75) is 26.3 Å². The van der Waals surface area contributed by atoms with E-state index in [0.29, 0.717) is 21.5 Å². The molecule has 6 heteroatoms. The van der Waals surface area contributed by atoms with Crippen molar-refractivity contribution in [1.29, 1.82) is 0 Å². The topological polar surface area (TPSA) is 55.5 Å². The zero-order valence-electron chi connectivity index (χ0n) is 14.8. The highest BCUT2D eigenvalue weighted by Gasteiger charge is 2.31. The van der Waals surface area contributed by atoms with Gasteiger partial charge in [0.2, 0.25) is 0 Å². The Morgan fingerprint density at radius 2 is 1.85 bits per heavy atom. The number of rotatable bonds is 3. The summed E-state index contributed by atoms with van der Waals surface area (Å²) in [5.74, 6) is 0.617. The molecule has 1 aliphatic heterocycles. The van der Waals surface area contributed by atoms with Crippen LogP contribution in [0.5, 0.6) is 0 Å². The third-order valence-corrected chi connectivity index (χ3v) is 5.16. The van der Waals surface area contributed by atoms with Crippen molar-refractivity contribution < 1.29 is 9.32 Å². The Bertz CT molecular complexity index is 1070. The number of benzene rings is 2. The number of hydrogen-bond donors (Lipinski definition) is 0. The number of ketones is 1. The molecule has 0 bridgehead atoms. The number of nitrogens with zero attached hydrogens (tertiary/aromatic N) is 2. The first-order chi connectivity index (χ1) is 13.0. The Labute approximate surface area is 166 Å². The summed E-state index contributed by atoms with van der Waals surface area (Å²) in [7, 11) is 0. The molecular weight excluding hydrogens is 383 g/mol. The second-order valence-corrected chi connectivity index (χ2v) is 7.42. The van der Waals surface area contributed by atoms with E-state index in [2.05, 4.69) is 5.16 Å². The van der Waals surface area contributed by atoms with E-state index in [1.54, 1.807) is 6.92 Å². The Hall–Kier alpha value is -2.43. The van der Waals surface area contributed by atoms with Crippen LogP contribution in [0, 0.1) is 6.92 Å². The zero-order chi connectivity index (χ0) is 19.1. The van der Waals surface area contributed by atoms with Crippen LogP contribution in [0.15, 0.2) is 52.0 Å². The number of fused-ring (bicyclic) bond motifs is 3. The quantitative estimate of drug-likeness (QED) is 0.557. The van der Waals surface area contributed by atoms with Crippen molar-refractivity contribution >= 4 is 34.7 Å². The highest BCUT2D eigenvalue weighted by Crippen LogP contribution is 2.42. The molecule has 0 fully saturated rings. The molecule has 3 aromatic rings. The van der Waals surface area contributed by atoms with Crippen LogP contribution in [-0.2, 0) is 4.79 Å². The molecule has 0 spiro atoms.